The van der Waals surface area contributed by atoms with Crippen molar-refractivity contribution in [3.8, 4) is 11.5 Å². The SMILES string of the molecule is CC(=O)Oc1c(C)c(C)c2c(c1C)CC[C@](C)(OC(=O)Cl)O2. The number of fused-ring (bicyclic) bond motifs is 1. The molecule has 6 heteroatoms. The fourth-order valence-electron chi connectivity index (χ4n) is 2.75. The number of esters is 1. The summed E-state index contributed by atoms with van der Waals surface area (Å²) in [5.41, 5.74) is 2.62. The van der Waals surface area contributed by atoms with Crippen molar-refractivity contribution in [2.75, 3.05) is 0 Å². The van der Waals surface area contributed by atoms with Gasteiger partial charge in [-0.05, 0) is 43.9 Å². The summed E-state index contributed by atoms with van der Waals surface area (Å²) in [6.45, 7) is 8.70. The van der Waals surface area contributed by atoms with Gasteiger partial charge in [0, 0.05) is 37.4 Å². The molecule has 0 N–H and O–H groups in total. The predicted molar refractivity (Wildman–Crippen MR) is 81.7 cm³/mol. The van der Waals surface area contributed by atoms with E-state index in [4.69, 9.17) is 25.8 Å². The highest BCUT2D eigenvalue weighted by Gasteiger charge is 2.37. The smallest absolute Gasteiger partial charge is 0.407 e. The molecule has 0 amide bonds. The van der Waals surface area contributed by atoms with Crippen LogP contribution in [0.4, 0.5) is 4.79 Å². The van der Waals surface area contributed by atoms with Crippen LogP contribution in [0.2, 0.25) is 0 Å². The van der Waals surface area contributed by atoms with E-state index in [1.54, 1.807) is 6.92 Å². The number of carbonyl (C=O) groups is 2. The zero-order valence-electron chi connectivity index (χ0n) is 13.3. The van der Waals surface area contributed by atoms with Gasteiger partial charge in [0.1, 0.15) is 11.5 Å². The number of rotatable bonds is 2. The average Bonchev–Trinajstić information content (AvgIpc) is 2.39. The van der Waals surface area contributed by atoms with Crippen LogP contribution in [0.15, 0.2) is 0 Å². The zero-order chi connectivity index (χ0) is 16.7. The van der Waals surface area contributed by atoms with Crippen molar-refractivity contribution in [3.63, 3.8) is 0 Å². The van der Waals surface area contributed by atoms with Gasteiger partial charge in [0.25, 0.3) is 5.79 Å². The molecule has 1 heterocycles. The van der Waals surface area contributed by atoms with E-state index in [0.29, 0.717) is 24.3 Å². The first kappa shape index (κ1) is 16.6. The highest BCUT2D eigenvalue weighted by molar-refractivity contribution is 6.61. The van der Waals surface area contributed by atoms with E-state index in [0.717, 1.165) is 22.3 Å². The Balaban J connectivity index is 2.50. The lowest BCUT2D eigenvalue weighted by atomic mass is 9.91. The van der Waals surface area contributed by atoms with E-state index in [2.05, 4.69) is 0 Å². The van der Waals surface area contributed by atoms with Crippen LogP contribution in [0.25, 0.3) is 0 Å². The highest BCUT2D eigenvalue weighted by atomic mass is 35.5. The molecular weight excluding hydrogens is 308 g/mol. The van der Waals surface area contributed by atoms with Crippen LogP contribution in [0.1, 0.15) is 42.5 Å². The van der Waals surface area contributed by atoms with Crippen molar-refractivity contribution in [1.82, 2.24) is 0 Å². The first-order valence-electron chi connectivity index (χ1n) is 7.03. The van der Waals surface area contributed by atoms with Crippen LogP contribution >= 0.6 is 11.6 Å². The zero-order valence-corrected chi connectivity index (χ0v) is 14.1. The van der Waals surface area contributed by atoms with Gasteiger partial charge >= 0.3 is 11.4 Å². The summed E-state index contributed by atoms with van der Waals surface area (Å²) in [5, 5.41) is 0. The summed E-state index contributed by atoms with van der Waals surface area (Å²) in [5.74, 6) is -0.204. The number of halogens is 1. The maximum absolute atomic E-state index is 11.3. The molecule has 0 spiro atoms. The maximum atomic E-state index is 11.3. The third kappa shape index (κ3) is 3.04. The molecule has 0 aliphatic carbocycles. The Morgan fingerprint density at radius 1 is 1.18 bits per heavy atom. The number of hydrogen-bond donors (Lipinski definition) is 0. The topological polar surface area (TPSA) is 61.8 Å². The Morgan fingerprint density at radius 2 is 1.82 bits per heavy atom. The van der Waals surface area contributed by atoms with Crippen LogP contribution in [-0.2, 0) is 16.0 Å². The van der Waals surface area contributed by atoms with Crippen molar-refractivity contribution in [1.29, 1.82) is 0 Å². The second-order valence-electron chi connectivity index (χ2n) is 5.68. The van der Waals surface area contributed by atoms with Crippen molar-refractivity contribution < 1.29 is 23.8 Å². The van der Waals surface area contributed by atoms with Crippen molar-refractivity contribution >= 4 is 23.0 Å². The monoisotopic (exact) mass is 326 g/mol. The lowest BCUT2D eigenvalue weighted by molar-refractivity contribution is -0.133. The Hall–Kier alpha value is -1.75. The van der Waals surface area contributed by atoms with Crippen molar-refractivity contribution in [3.05, 3.63) is 22.3 Å². The lowest BCUT2D eigenvalue weighted by Gasteiger charge is -2.36. The fourth-order valence-corrected chi connectivity index (χ4v) is 2.92. The average molecular weight is 327 g/mol. The van der Waals surface area contributed by atoms with E-state index in [-0.39, 0.29) is 5.97 Å². The lowest BCUT2D eigenvalue weighted by Crippen LogP contribution is -2.40. The number of ether oxygens (including phenoxy) is 3. The first-order valence-corrected chi connectivity index (χ1v) is 7.41. The van der Waals surface area contributed by atoms with Crippen LogP contribution < -0.4 is 9.47 Å². The molecule has 0 radical (unpaired) electrons. The number of benzene rings is 1. The maximum Gasteiger partial charge on any atom is 0.407 e. The van der Waals surface area contributed by atoms with Crippen LogP contribution in [-0.4, -0.2) is 17.2 Å². The van der Waals surface area contributed by atoms with E-state index in [1.165, 1.54) is 6.92 Å². The molecule has 0 unspecified atom stereocenters. The summed E-state index contributed by atoms with van der Waals surface area (Å²) in [6.07, 6.45) is 1.11. The molecule has 22 heavy (non-hydrogen) atoms. The Kier molecular flexibility index (Phi) is 4.38. The second-order valence-corrected chi connectivity index (χ2v) is 5.99. The van der Waals surface area contributed by atoms with Gasteiger partial charge in [0.05, 0.1) is 0 Å². The quantitative estimate of drug-likeness (QED) is 0.468. The van der Waals surface area contributed by atoms with Gasteiger partial charge in [-0.15, -0.1) is 0 Å². The Bertz CT molecular complexity index is 653. The Labute approximate surface area is 134 Å². The molecular formula is C16H19ClO5. The van der Waals surface area contributed by atoms with Gasteiger partial charge in [0.15, 0.2) is 0 Å². The number of carbonyl (C=O) groups excluding carboxylic acids is 2. The van der Waals surface area contributed by atoms with Gasteiger partial charge < -0.3 is 14.2 Å². The van der Waals surface area contributed by atoms with E-state index < -0.39 is 11.2 Å². The molecule has 0 aromatic heterocycles. The highest BCUT2D eigenvalue weighted by Crippen LogP contribution is 2.44. The van der Waals surface area contributed by atoms with E-state index >= 15 is 0 Å². The molecule has 1 aromatic rings. The Morgan fingerprint density at radius 3 is 2.36 bits per heavy atom. The van der Waals surface area contributed by atoms with Gasteiger partial charge in [-0.1, -0.05) is 0 Å². The molecule has 5 nitrogen and oxygen atoms in total. The van der Waals surface area contributed by atoms with Gasteiger partial charge in [-0.3, -0.25) is 4.79 Å². The molecule has 0 saturated heterocycles. The molecule has 2 rings (SSSR count). The first-order chi connectivity index (χ1) is 10.1. The minimum absolute atomic E-state index is 0.358. The molecule has 1 aromatic carbocycles. The van der Waals surface area contributed by atoms with Crippen LogP contribution in [0.5, 0.6) is 11.5 Å². The third-order valence-electron chi connectivity index (χ3n) is 4.00. The van der Waals surface area contributed by atoms with Gasteiger partial charge in [-0.2, -0.15) is 0 Å². The summed E-state index contributed by atoms with van der Waals surface area (Å²) in [7, 11) is 0. The van der Waals surface area contributed by atoms with Gasteiger partial charge in [0.2, 0.25) is 0 Å². The van der Waals surface area contributed by atoms with E-state index in [9.17, 15) is 9.59 Å². The third-order valence-corrected chi connectivity index (χ3v) is 4.08. The summed E-state index contributed by atoms with van der Waals surface area (Å²) in [6, 6.07) is 0. The number of hydrogen-bond acceptors (Lipinski definition) is 5. The molecule has 1 aliphatic rings. The molecule has 0 fully saturated rings. The molecule has 120 valence electrons. The second kappa shape index (κ2) is 5.80. The standard InChI is InChI=1S/C16H19ClO5/c1-8-9(2)14-12(10(3)13(8)20-11(4)18)6-7-16(5,21-14)22-15(17)19/h6-7H2,1-5H3/t16-/m0/s1. The molecule has 1 aliphatic heterocycles. The molecule has 0 saturated carbocycles. The van der Waals surface area contributed by atoms with Crippen LogP contribution in [0, 0.1) is 20.8 Å². The van der Waals surface area contributed by atoms with Crippen molar-refractivity contribution in [2.45, 2.75) is 53.2 Å². The normalized spacial score (nSPS) is 19.9. The minimum Gasteiger partial charge on any atom is -0.452 e. The summed E-state index contributed by atoms with van der Waals surface area (Å²) >= 11 is 5.31. The largest absolute Gasteiger partial charge is 0.452 e. The minimum atomic E-state index is -1.08. The molecule has 1 atom stereocenters. The summed E-state index contributed by atoms with van der Waals surface area (Å²) in [4.78, 5) is 22.3. The van der Waals surface area contributed by atoms with Crippen LogP contribution in [0.3, 0.4) is 0 Å². The van der Waals surface area contributed by atoms with Crippen molar-refractivity contribution in [2.24, 2.45) is 0 Å². The molecule has 0 bridgehead atoms. The fraction of sp³-hybridized carbons (Fsp3) is 0.500. The van der Waals surface area contributed by atoms with E-state index in [1.807, 2.05) is 20.8 Å². The predicted octanol–water partition coefficient (Wildman–Crippen LogP) is 3.95. The summed E-state index contributed by atoms with van der Waals surface area (Å²) < 4.78 is 16.3. The van der Waals surface area contributed by atoms with Gasteiger partial charge in [-0.25, -0.2) is 4.79 Å².